The lowest BCUT2D eigenvalue weighted by molar-refractivity contribution is 0.409. The molecular formula is C18H19N3O3S. The largest absolute Gasteiger partial charge is 0.494 e. The number of nitrogens with one attached hydrogen (secondary N) is 1. The maximum atomic E-state index is 11.9. The average molecular weight is 357 g/mol. The molecule has 0 radical (unpaired) electrons. The Morgan fingerprint density at radius 1 is 1.08 bits per heavy atom. The number of aromatic amines is 1. The summed E-state index contributed by atoms with van der Waals surface area (Å²) < 4.78 is 22.7. The molecule has 0 fully saturated rings. The van der Waals surface area contributed by atoms with Gasteiger partial charge < -0.3 is 19.4 Å². The van der Waals surface area contributed by atoms with Crippen LogP contribution >= 0.6 is 0 Å². The van der Waals surface area contributed by atoms with E-state index in [1.807, 2.05) is 43.3 Å². The van der Waals surface area contributed by atoms with E-state index in [0.29, 0.717) is 44.5 Å². The number of rotatable bonds is 5. The van der Waals surface area contributed by atoms with Crippen LogP contribution in [0.1, 0.15) is 11.4 Å². The molecule has 1 heterocycles. The molecule has 0 saturated heterocycles. The molecule has 0 amide bonds. The number of anilines is 1. The van der Waals surface area contributed by atoms with Gasteiger partial charge >= 0.3 is 0 Å². The number of para-hydroxylation sites is 1. The predicted molar refractivity (Wildman–Crippen MR) is 101 cm³/mol. The summed E-state index contributed by atoms with van der Waals surface area (Å²) >= 11 is 0.414. The Morgan fingerprint density at radius 3 is 2.40 bits per heavy atom. The van der Waals surface area contributed by atoms with Gasteiger partial charge in [-0.1, -0.05) is 18.2 Å². The average Bonchev–Trinajstić information content (AvgIpc) is 3.06. The molecule has 0 bridgehead atoms. The summed E-state index contributed by atoms with van der Waals surface area (Å²) in [7, 11) is 7.06. The number of hydrogen-bond donors (Lipinski definition) is 1. The van der Waals surface area contributed by atoms with Crippen LogP contribution in [0.5, 0.6) is 11.5 Å². The number of nitrogens with zero attached hydrogens (tertiary/aromatic N) is 2. The highest BCUT2D eigenvalue weighted by atomic mass is 32.1. The summed E-state index contributed by atoms with van der Waals surface area (Å²) in [4.78, 5) is 10.3. The van der Waals surface area contributed by atoms with Gasteiger partial charge in [0, 0.05) is 25.3 Å². The summed E-state index contributed by atoms with van der Waals surface area (Å²) in [6.07, 6.45) is 0. The molecule has 1 aromatic heterocycles. The molecule has 0 spiro atoms. The van der Waals surface area contributed by atoms with Crippen LogP contribution in [-0.4, -0.2) is 47.4 Å². The first kappa shape index (κ1) is 17.0. The number of benzene rings is 2. The van der Waals surface area contributed by atoms with Crippen LogP contribution in [0.25, 0.3) is 11.0 Å². The van der Waals surface area contributed by atoms with E-state index >= 15 is 0 Å². The Morgan fingerprint density at radius 2 is 1.76 bits per heavy atom. The molecule has 0 saturated carbocycles. The van der Waals surface area contributed by atoms with Gasteiger partial charge in [-0.3, -0.25) is 0 Å². The van der Waals surface area contributed by atoms with E-state index in [1.54, 1.807) is 26.4 Å². The second-order valence-corrected chi connectivity index (χ2v) is 6.18. The van der Waals surface area contributed by atoms with Gasteiger partial charge in [-0.2, -0.15) is 0 Å². The molecule has 6 nitrogen and oxygen atoms in total. The standard InChI is InChI=1S/C18H19N3O3S/c1-21(2)12-8-6-5-7-11(12)17(25-22)18-19-15-13(23-3)9-10-14(24-4)16(15)20-18/h5-10H,1-4H3,(H,19,20). The van der Waals surface area contributed by atoms with E-state index in [1.165, 1.54) is 0 Å². The molecular weight excluding hydrogens is 338 g/mol. The molecule has 0 atom stereocenters. The second kappa shape index (κ2) is 6.98. The smallest absolute Gasteiger partial charge is 0.152 e. The zero-order valence-electron chi connectivity index (χ0n) is 14.5. The summed E-state index contributed by atoms with van der Waals surface area (Å²) in [5.41, 5.74) is 3.10. The third kappa shape index (κ3) is 2.98. The van der Waals surface area contributed by atoms with Crippen molar-refractivity contribution in [2.45, 2.75) is 0 Å². The Bertz CT molecular complexity index is 934. The van der Waals surface area contributed by atoms with Gasteiger partial charge in [0.1, 0.15) is 38.7 Å². The van der Waals surface area contributed by atoms with Crippen LogP contribution < -0.4 is 14.4 Å². The van der Waals surface area contributed by atoms with Crippen LogP contribution in [0, 0.1) is 0 Å². The number of ether oxygens (including phenoxy) is 2. The van der Waals surface area contributed by atoms with Gasteiger partial charge in [0.15, 0.2) is 5.82 Å². The zero-order chi connectivity index (χ0) is 18.0. The van der Waals surface area contributed by atoms with Gasteiger partial charge in [-0.05, 0) is 18.2 Å². The van der Waals surface area contributed by atoms with Crippen molar-refractivity contribution in [2.24, 2.45) is 0 Å². The molecule has 0 unspecified atom stereocenters. The normalized spacial score (nSPS) is 10.6. The fraction of sp³-hybridized carbons (Fsp3) is 0.222. The first-order valence-electron chi connectivity index (χ1n) is 7.65. The molecule has 0 aliphatic heterocycles. The van der Waals surface area contributed by atoms with Crippen molar-refractivity contribution in [2.75, 3.05) is 33.2 Å². The monoisotopic (exact) mass is 357 g/mol. The van der Waals surface area contributed by atoms with Crippen LogP contribution in [0.2, 0.25) is 0 Å². The Balaban J connectivity index is 2.23. The predicted octanol–water partition coefficient (Wildman–Crippen LogP) is 2.43. The van der Waals surface area contributed by atoms with Crippen molar-refractivity contribution >= 4 is 32.8 Å². The zero-order valence-corrected chi connectivity index (χ0v) is 15.3. The van der Waals surface area contributed by atoms with Crippen LogP contribution in [0.15, 0.2) is 36.4 Å². The van der Waals surface area contributed by atoms with Crippen molar-refractivity contribution in [1.82, 2.24) is 9.97 Å². The topological polar surface area (TPSA) is 67.5 Å². The number of hydrogen-bond acceptors (Lipinski definition) is 5. The van der Waals surface area contributed by atoms with Crippen LogP contribution in [-0.2, 0) is 11.3 Å². The molecule has 0 aliphatic rings. The van der Waals surface area contributed by atoms with Gasteiger partial charge in [-0.15, -0.1) is 0 Å². The molecule has 130 valence electrons. The number of imidazole rings is 1. The second-order valence-electron chi connectivity index (χ2n) is 5.60. The molecule has 2 aromatic carbocycles. The molecule has 25 heavy (non-hydrogen) atoms. The summed E-state index contributed by atoms with van der Waals surface area (Å²) in [6, 6.07) is 11.3. The van der Waals surface area contributed by atoms with E-state index < -0.39 is 0 Å². The molecule has 3 rings (SSSR count). The fourth-order valence-corrected chi connectivity index (χ4v) is 3.19. The maximum Gasteiger partial charge on any atom is 0.152 e. The minimum atomic E-state index is 0.414. The van der Waals surface area contributed by atoms with Gasteiger partial charge in [0.2, 0.25) is 0 Å². The van der Waals surface area contributed by atoms with E-state index in [-0.39, 0.29) is 0 Å². The van der Waals surface area contributed by atoms with E-state index in [0.717, 1.165) is 11.3 Å². The lowest BCUT2D eigenvalue weighted by atomic mass is 10.1. The summed E-state index contributed by atoms with van der Waals surface area (Å²) in [5, 5.41) is 0. The number of H-pyrrole nitrogens is 1. The lowest BCUT2D eigenvalue weighted by Gasteiger charge is -2.16. The highest BCUT2D eigenvalue weighted by molar-refractivity contribution is 7.67. The van der Waals surface area contributed by atoms with Gasteiger partial charge in [-0.25, -0.2) is 9.19 Å². The first-order valence-corrected chi connectivity index (χ1v) is 8.39. The van der Waals surface area contributed by atoms with Crippen molar-refractivity contribution in [3.63, 3.8) is 0 Å². The summed E-state index contributed by atoms with van der Waals surface area (Å²) in [5.74, 6) is 1.76. The molecule has 0 aliphatic carbocycles. The Labute approximate surface area is 149 Å². The first-order chi connectivity index (χ1) is 12.1. The third-order valence-electron chi connectivity index (χ3n) is 3.94. The van der Waals surface area contributed by atoms with Crippen LogP contribution in [0.3, 0.4) is 0 Å². The van der Waals surface area contributed by atoms with Crippen molar-refractivity contribution in [3.05, 3.63) is 47.8 Å². The lowest BCUT2D eigenvalue weighted by Crippen LogP contribution is -2.15. The Hall–Kier alpha value is -2.80. The van der Waals surface area contributed by atoms with E-state index in [9.17, 15) is 4.21 Å². The minimum Gasteiger partial charge on any atom is -0.494 e. The molecule has 1 N–H and O–H groups in total. The highest BCUT2D eigenvalue weighted by Crippen LogP contribution is 2.32. The van der Waals surface area contributed by atoms with E-state index in [2.05, 4.69) is 9.97 Å². The van der Waals surface area contributed by atoms with Crippen molar-refractivity contribution in [3.8, 4) is 11.5 Å². The fourth-order valence-electron chi connectivity index (χ4n) is 2.75. The SMILES string of the molecule is COc1ccc(OC)c2[nH]c(C(=S=O)c3ccccc3N(C)C)nc12. The number of fused-ring (bicyclic) bond motifs is 1. The molecule has 7 heteroatoms. The van der Waals surface area contributed by atoms with E-state index in [4.69, 9.17) is 9.47 Å². The minimum absolute atomic E-state index is 0.414. The van der Waals surface area contributed by atoms with Crippen LogP contribution in [0.4, 0.5) is 5.69 Å². The van der Waals surface area contributed by atoms with Gasteiger partial charge in [0.25, 0.3) is 0 Å². The third-order valence-corrected chi connectivity index (χ3v) is 4.52. The highest BCUT2D eigenvalue weighted by Gasteiger charge is 2.19. The molecule has 3 aromatic rings. The number of methoxy groups -OCH3 is 2. The van der Waals surface area contributed by atoms with Gasteiger partial charge in [0.05, 0.1) is 14.2 Å². The van der Waals surface area contributed by atoms with Crippen molar-refractivity contribution < 1.29 is 13.7 Å². The summed E-state index contributed by atoms with van der Waals surface area (Å²) in [6.45, 7) is 0. The Kier molecular flexibility index (Phi) is 4.76. The van der Waals surface area contributed by atoms with Crippen molar-refractivity contribution in [1.29, 1.82) is 0 Å². The quantitative estimate of drug-likeness (QED) is 0.561. The number of aromatic nitrogens is 2. The maximum absolute atomic E-state index is 11.9.